The van der Waals surface area contributed by atoms with E-state index in [4.69, 9.17) is 4.74 Å². The number of pyridine rings is 1. The van der Waals surface area contributed by atoms with E-state index in [9.17, 15) is 9.59 Å². The number of benzene rings is 1. The number of hydrogen-bond donors (Lipinski definition) is 1. The lowest BCUT2D eigenvalue weighted by Crippen LogP contribution is -2.28. The summed E-state index contributed by atoms with van der Waals surface area (Å²) in [6.07, 6.45) is 5.14. The van der Waals surface area contributed by atoms with Crippen molar-refractivity contribution in [3.05, 3.63) is 47.7 Å². The quantitative estimate of drug-likeness (QED) is 0.919. The van der Waals surface area contributed by atoms with Crippen molar-refractivity contribution < 1.29 is 14.3 Å². The first-order valence-corrected chi connectivity index (χ1v) is 8.88. The number of rotatable bonds is 4. The number of anilines is 2. The normalized spacial score (nSPS) is 18.7. The molecule has 2 heterocycles. The van der Waals surface area contributed by atoms with E-state index in [0.717, 1.165) is 18.5 Å². The van der Waals surface area contributed by atoms with Gasteiger partial charge in [0.25, 0.3) is 0 Å². The number of carbonyl (C=O) groups is 2. The first-order chi connectivity index (χ1) is 12.7. The Bertz CT molecular complexity index is 865. The summed E-state index contributed by atoms with van der Waals surface area (Å²) in [5.41, 5.74) is 3.58. The molecular weight excluding hydrogens is 330 g/mol. The molecule has 0 unspecified atom stereocenters. The molecule has 2 aromatic rings. The maximum absolute atomic E-state index is 12.6. The molecule has 6 heteroatoms. The highest BCUT2D eigenvalue weighted by atomic mass is 16.5. The van der Waals surface area contributed by atoms with Crippen molar-refractivity contribution >= 4 is 23.3 Å². The van der Waals surface area contributed by atoms with Crippen molar-refractivity contribution in [1.29, 1.82) is 0 Å². The van der Waals surface area contributed by atoms with Gasteiger partial charge < -0.3 is 15.0 Å². The Labute approximate surface area is 152 Å². The monoisotopic (exact) mass is 351 g/mol. The van der Waals surface area contributed by atoms with E-state index in [0.29, 0.717) is 18.1 Å². The lowest BCUT2D eigenvalue weighted by Gasteiger charge is -2.18. The Morgan fingerprint density at radius 1 is 1.27 bits per heavy atom. The van der Waals surface area contributed by atoms with Crippen LogP contribution >= 0.6 is 0 Å². The smallest absolute Gasteiger partial charge is 0.231 e. The maximum atomic E-state index is 12.6. The summed E-state index contributed by atoms with van der Waals surface area (Å²) in [6.45, 7) is 0.388. The summed E-state index contributed by atoms with van der Waals surface area (Å²) in [4.78, 5) is 30.9. The van der Waals surface area contributed by atoms with Gasteiger partial charge in [-0.3, -0.25) is 9.59 Å². The standard InChI is InChI=1S/C20H21N3O3/c1-26-17-6-3-9-21-19(17)22-20(25)15-11-18(24)23(12-15)16-8-7-13-4-2-5-14(13)10-16/h3,6-10,15H,2,4-5,11-12H2,1H3,(H,21,22,25)/t15-/m0/s1. The zero-order valence-electron chi connectivity index (χ0n) is 14.7. The fourth-order valence-electron chi connectivity index (χ4n) is 3.73. The molecule has 134 valence electrons. The molecule has 6 nitrogen and oxygen atoms in total. The lowest BCUT2D eigenvalue weighted by molar-refractivity contribution is -0.122. The number of hydrogen-bond acceptors (Lipinski definition) is 4. The van der Waals surface area contributed by atoms with E-state index < -0.39 is 5.92 Å². The fraction of sp³-hybridized carbons (Fsp3) is 0.350. The second kappa shape index (κ2) is 6.78. The van der Waals surface area contributed by atoms with Crippen molar-refractivity contribution in [2.75, 3.05) is 23.9 Å². The molecule has 0 spiro atoms. The third-order valence-electron chi connectivity index (χ3n) is 5.12. The van der Waals surface area contributed by atoms with Crippen molar-refractivity contribution in [2.45, 2.75) is 25.7 Å². The van der Waals surface area contributed by atoms with E-state index >= 15 is 0 Å². The van der Waals surface area contributed by atoms with Crippen LogP contribution in [-0.2, 0) is 22.4 Å². The Balaban J connectivity index is 1.48. The average molecular weight is 351 g/mol. The number of carbonyl (C=O) groups excluding carboxylic acids is 2. The highest BCUT2D eigenvalue weighted by molar-refractivity contribution is 6.03. The van der Waals surface area contributed by atoms with Gasteiger partial charge in [0.1, 0.15) is 0 Å². The Hall–Kier alpha value is -2.89. The van der Waals surface area contributed by atoms with Crippen LogP contribution in [0.3, 0.4) is 0 Å². The van der Waals surface area contributed by atoms with Gasteiger partial charge >= 0.3 is 0 Å². The lowest BCUT2D eigenvalue weighted by atomic mass is 10.1. The van der Waals surface area contributed by atoms with E-state index in [-0.39, 0.29) is 18.2 Å². The number of aryl methyl sites for hydroxylation is 2. The highest BCUT2D eigenvalue weighted by Gasteiger charge is 2.35. The number of nitrogens with zero attached hydrogens (tertiary/aromatic N) is 2. The second-order valence-electron chi connectivity index (χ2n) is 6.76. The molecule has 1 fully saturated rings. The molecule has 1 N–H and O–H groups in total. The summed E-state index contributed by atoms with van der Waals surface area (Å²) in [6, 6.07) is 9.67. The molecule has 26 heavy (non-hydrogen) atoms. The maximum Gasteiger partial charge on any atom is 0.231 e. The van der Waals surface area contributed by atoms with Gasteiger partial charge in [0, 0.05) is 24.8 Å². The first kappa shape index (κ1) is 16.6. The summed E-state index contributed by atoms with van der Waals surface area (Å²) in [5, 5.41) is 2.78. The van der Waals surface area contributed by atoms with Gasteiger partial charge in [-0.2, -0.15) is 0 Å². The van der Waals surface area contributed by atoms with Crippen molar-refractivity contribution in [1.82, 2.24) is 4.98 Å². The van der Waals surface area contributed by atoms with Crippen LogP contribution in [0.2, 0.25) is 0 Å². The van der Waals surface area contributed by atoms with Gasteiger partial charge in [0.15, 0.2) is 11.6 Å². The Morgan fingerprint density at radius 2 is 2.12 bits per heavy atom. The van der Waals surface area contributed by atoms with Crippen molar-refractivity contribution in [3.63, 3.8) is 0 Å². The molecule has 1 aliphatic heterocycles. The SMILES string of the molecule is COc1cccnc1NC(=O)[C@H]1CC(=O)N(c2ccc3c(c2)CCC3)C1. The molecule has 4 rings (SSSR count). The number of methoxy groups -OCH3 is 1. The van der Waals surface area contributed by atoms with Crippen LogP contribution in [0.25, 0.3) is 0 Å². The third-order valence-corrected chi connectivity index (χ3v) is 5.12. The predicted octanol–water partition coefficient (Wildman–Crippen LogP) is 2.57. The van der Waals surface area contributed by atoms with Crippen LogP contribution in [0.15, 0.2) is 36.5 Å². The first-order valence-electron chi connectivity index (χ1n) is 8.88. The third kappa shape index (κ3) is 3.03. The van der Waals surface area contributed by atoms with Gasteiger partial charge in [-0.25, -0.2) is 4.98 Å². The van der Waals surface area contributed by atoms with Gasteiger partial charge in [-0.1, -0.05) is 6.07 Å². The number of fused-ring (bicyclic) bond motifs is 1. The van der Waals surface area contributed by atoms with Crippen LogP contribution in [0, 0.1) is 5.92 Å². The molecule has 2 amide bonds. The van der Waals surface area contributed by atoms with E-state index in [1.807, 2.05) is 6.07 Å². The Kier molecular flexibility index (Phi) is 4.32. The molecule has 1 saturated heterocycles. The van der Waals surface area contributed by atoms with E-state index in [2.05, 4.69) is 22.4 Å². The Morgan fingerprint density at radius 3 is 2.96 bits per heavy atom. The van der Waals surface area contributed by atoms with Crippen LogP contribution in [0.4, 0.5) is 11.5 Å². The van der Waals surface area contributed by atoms with Gasteiger partial charge in [-0.05, 0) is 54.7 Å². The molecular formula is C20H21N3O3. The van der Waals surface area contributed by atoms with Gasteiger partial charge in [-0.15, -0.1) is 0 Å². The molecule has 0 radical (unpaired) electrons. The highest BCUT2D eigenvalue weighted by Crippen LogP contribution is 2.31. The van der Waals surface area contributed by atoms with Crippen LogP contribution in [0.5, 0.6) is 5.75 Å². The van der Waals surface area contributed by atoms with Crippen molar-refractivity contribution in [2.24, 2.45) is 5.92 Å². The largest absolute Gasteiger partial charge is 0.493 e. The summed E-state index contributed by atoms with van der Waals surface area (Å²) in [7, 11) is 1.53. The van der Waals surface area contributed by atoms with E-state index in [1.165, 1.54) is 24.7 Å². The molecule has 0 saturated carbocycles. The molecule has 1 aromatic carbocycles. The fourth-order valence-corrected chi connectivity index (χ4v) is 3.73. The number of ether oxygens (including phenoxy) is 1. The van der Waals surface area contributed by atoms with Crippen LogP contribution in [-0.4, -0.2) is 30.5 Å². The van der Waals surface area contributed by atoms with E-state index in [1.54, 1.807) is 23.2 Å². The number of nitrogens with one attached hydrogen (secondary N) is 1. The summed E-state index contributed by atoms with van der Waals surface area (Å²) in [5.74, 6) is 0.252. The van der Waals surface area contributed by atoms with Crippen molar-refractivity contribution in [3.8, 4) is 5.75 Å². The summed E-state index contributed by atoms with van der Waals surface area (Å²) >= 11 is 0. The minimum Gasteiger partial charge on any atom is -0.493 e. The van der Waals surface area contributed by atoms with Gasteiger partial charge in [0.05, 0.1) is 13.0 Å². The molecule has 2 aliphatic rings. The molecule has 1 atom stereocenters. The van der Waals surface area contributed by atoms with Gasteiger partial charge in [0.2, 0.25) is 11.8 Å². The predicted molar refractivity (Wildman–Crippen MR) is 98.3 cm³/mol. The minimum absolute atomic E-state index is 0.0175. The number of aromatic nitrogens is 1. The number of amides is 2. The summed E-state index contributed by atoms with van der Waals surface area (Å²) < 4.78 is 5.21. The topological polar surface area (TPSA) is 71.5 Å². The molecule has 1 aliphatic carbocycles. The second-order valence-corrected chi connectivity index (χ2v) is 6.76. The van der Waals surface area contributed by atoms with Crippen LogP contribution in [0.1, 0.15) is 24.0 Å². The molecule has 1 aromatic heterocycles. The van der Waals surface area contributed by atoms with Crippen LogP contribution < -0.4 is 15.0 Å². The molecule has 0 bridgehead atoms. The zero-order chi connectivity index (χ0) is 18.1. The average Bonchev–Trinajstić information content (AvgIpc) is 3.27. The zero-order valence-corrected chi connectivity index (χ0v) is 14.7. The minimum atomic E-state index is -0.400.